The highest BCUT2D eigenvalue weighted by Crippen LogP contribution is 2.34. The Morgan fingerprint density at radius 1 is 1.27 bits per heavy atom. The molecule has 22 heavy (non-hydrogen) atoms. The number of ether oxygens (including phenoxy) is 2. The van der Waals surface area contributed by atoms with Crippen molar-refractivity contribution in [2.75, 3.05) is 7.11 Å². The van der Waals surface area contributed by atoms with Gasteiger partial charge in [-0.3, -0.25) is 0 Å². The summed E-state index contributed by atoms with van der Waals surface area (Å²) in [5.74, 6) is 0.458. The fourth-order valence-corrected chi connectivity index (χ4v) is 3.08. The average Bonchev–Trinajstić information content (AvgIpc) is 2.92. The van der Waals surface area contributed by atoms with Crippen LogP contribution in [-0.4, -0.2) is 13.1 Å². The van der Waals surface area contributed by atoms with Crippen LogP contribution in [0.1, 0.15) is 9.67 Å². The smallest absolute Gasteiger partial charge is 0.348 e. The summed E-state index contributed by atoms with van der Waals surface area (Å²) in [5.41, 5.74) is 0. The molecular formula is C15H10ClNO4S. The number of aromatic nitrogens is 1. The second kappa shape index (κ2) is 5.82. The highest BCUT2D eigenvalue weighted by atomic mass is 35.5. The van der Waals surface area contributed by atoms with Gasteiger partial charge < -0.3 is 14.7 Å². The Kier molecular flexibility index (Phi) is 3.87. The van der Waals surface area contributed by atoms with E-state index in [0.717, 1.165) is 0 Å². The minimum atomic E-state index is -0.448. The van der Waals surface area contributed by atoms with Crippen LogP contribution in [0.2, 0.25) is 5.02 Å². The van der Waals surface area contributed by atoms with Gasteiger partial charge in [-0.05, 0) is 30.3 Å². The highest BCUT2D eigenvalue weighted by Gasteiger charge is 2.17. The Labute approximate surface area is 134 Å². The Morgan fingerprint density at radius 2 is 2.00 bits per heavy atom. The summed E-state index contributed by atoms with van der Waals surface area (Å²) in [7, 11) is 1.31. The third-order valence-electron chi connectivity index (χ3n) is 2.94. The zero-order valence-corrected chi connectivity index (χ0v) is 13.0. The summed E-state index contributed by atoms with van der Waals surface area (Å²) in [6.07, 6.45) is 2.70. The maximum atomic E-state index is 11.7. The lowest BCUT2D eigenvalue weighted by molar-refractivity contribution is -0.604. The Bertz CT molecular complexity index is 845. The normalized spacial score (nSPS) is 10.6. The minimum Gasteiger partial charge on any atom is -0.619 e. The summed E-state index contributed by atoms with van der Waals surface area (Å²) in [6.45, 7) is 0. The van der Waals surface area contributed by atoms with Crippen molar-refractivity contribution in [3.63, 3.8) is 0 Å². The topological polar surface area (TPSA) is 62.5 Å². The molecule has 2 aromatic heterocycles. The molecule has 3 rings (SSSR count). The number of halogens is 1. The fraction of sp³-hybridized carbons (Fsp3) is 0.0667. The average molecular weight is 336 g/mol. The molecule has 0 spiro atoms. The summed E-state index contributed by atoms with van der Waals surface area (Å²) < 4.78 is 11.7. The molecule has 3 aromatic rings. The number of carbonyl (C=O) groups is 1. The first-order valence-corrected chi connectivity index (χ1v) is 7.44. The minimum absolute atomic E-state index is 0.362. The standard InChI is InChI=1S/C15H10ClNO4S/c1-20-15(18)13-6-11-12(7-17(19)8-14(11)22-13)21-10-4-2-9(16)3-5-10/h2-8H,1H3. The van der Waals surface area contributed by atoms with Gasteiger partial charge in [-0.25, -0.2) is 4.79 Å². The van der Waals surface area contributed by atoms with E-state index in [4.69, 9.17) is 21.1 Å². The van der Waals surface area contributed by atoms with E-state index in [9.17, 15) is 10.0 Å². The lowest BCUT2D eigenvalue weighted by Gasteiger charge is -2.06. The molecule has 0 radical (unpaired) electrons. The van der Waals surface area contributed by atoms with Gasteiger partial charge in [-0.15, -0.1) is 11.3 Å². The number of rotatable bonds is 3. The maximum absolute atomic E-state index is 11.7. The second-order valence-corrected chi connectivity index (χ2v) is 5.94. The van der Waals surface area contributed by atoms with E-state index in [-0.39, 0.29) is 0 Å². The van der Waals surface area contributed by atoms with Crippen molar-refractivity contribution in [2.24, 2.45) is 0 Å². The predicted molar refractivity (Wildman–Crippen MR) is 83.7 cm³/mol. The van der Waals surface area contributed by atoms with Gasteiger partial charge in [-0.2, -0.15) is 4.73 Å². The van der Waals surface area contributed by atoms with Gasteiger partial charge in [0.25, 0.3) is 0 Å². The van der Waals surface area contributed by atoms with Gasteiger partial charge in [0.2, 0.25) is 11.9 Å². The van der Waals surface area contributed by atoms with Crippen molar-refractivity contribution in [1.29, 1.82) is 0 Å². The molecule has 0 saturated carbocycles. The molecular weight excluding hydrogens is 326 g/mol. The number of thiophene rings is 1. The van der Waals surface area contributed by atoms with Crippen LogP contribution in [0.25, 0.3) is 10.1 Å². The molecule has 0 aliphatic carbocycles. The molecule has 0 amide bonds. The summed E-state index contributed by atoms with van der Waals surface area (Å²) in [5, 5.41) is 13.0. The van der Waals surface area contributed by atoms with Gasteiger partial charge in [-0.1, -0.05) is 11.6 Å². The molecule has 7 heteroatoms. The number of methoxy groups -OCH3 is 1. The first-order valence-electron chi connectivity index (χ1n) is 6.25. The summed E-state index contributed by atoms with van der Waals surface area (Å²) >= 11 is 7.00. The molecule has 0 atom stereocenters. The Hall–Kier alpha value is -2.31. The van der Waals surface area contributed by atoms with Crippen molar-refractivity contribution >= 4 is 39.0 Å². The SMILES string of the molecule is COC(=O)c1cc2c(Oc3ccc(Cl)cc3)c[n+]([O-])cc2s1. The molecule has 0 aliphatic rings. The highest BCUT2D eigenvalue weighted by molar-refractivity contribution is 7.20. The molecule has 112 valence electrons. The number of esters is 1. The van der Waals surface area contributed by atoms with E-state index in [0.29, 0.717) is 36.2 Å². The fourth-order valence-electron chi connectivity index (χ4n) is 1.94. The Balaban J connectivity index is 2.05. The van der Waals surface area contributed by atoms with Crippen LogP contribution in [0.5, 0.6) is 11.5 Å². The lowest BCUT2D eigenvalue weighted by atomic mass is 10.3. The molecule has 0 N–H and O–H groups in total. The zero-order chi connectivity index (χ0) is 15.7. The number of hydrogen-bond donors (Lipinski definition) is 0. The molecule has 0 saturated heterocycles. The first-order chi connectivity index (χ1) is 10.6. The molecule has 5 nitrogen and oxygen atoms in total. The van der Waals surface area contributed by atoms with Gasteiger partial charge in [0.1, 0.15) is 15.3 Å². The number of fused-ring (bicyclic) bond motifs is 1. The van der Waals surface area contributed by atoms with Crippen molar-refractivity contribution in [2.45, 2.75) is 0 Å². The van der Waals surface area contributed by atoms with Crippen molar-refractivity contribution in [3.05, 3.63) is 57.8 Å². The van der Waals surface area contributed by atoms with Crippen LogP contribution in [0.4, 0.5) is 0 Å². The van der Waals surface area contributed by atoms with Gasteiger partial charge in [0.15, 0.2) is 6.20 Å². The van der Waals surface area contributed by atoms with Crippen molar-refractivity contribution in [3.8, 4) is 11.5 Å². The first kappa shape index (κ1) is 14.6. The maximum Gasteiger partial charge on any atom is 0.348 e. The van der Waals surface area contributed by atoms with Crippen molar-refractivity contribution in [1.82, 2.24) is 0 Å². The van der Waals surface area contributed by atoms with Gasteiger partial charge in [0, 0.05) is 10.4 Å². The number of carbonyl (C=O) groups excluding carboxylic acids is 1. The number of benzene rings is 1. The molecule has 0 aliphatic heterocycles. The quantitative estimate of drug-likeness (QED) is 0.415. The largest absolute Gasteiger partial charge is 0.619 e. The molecule has 2 heterocycles. The van der Waals surface area contributed by atoms with Crippen LogP contribution < -0.4 is 9.47 Å². The van der Waals surface area contributed by atoms with Crippen LogP contribution in [0.3, 0.4) is 0 Å². The van der Waals surface area contributed by atoms with E-state index in [1.165, 1.54) is 30.8 Å². The molecule has 0 bridgehead atoms. The van der Waals surface area contributed by atoms with E-state index in [1.54, 1.807) is 30.3 Å². The van der Waals surface area contributed by atoms with Crippen LogP contribution in [0, 0.1) is 5.21 Å². The van der Waals surface area contributed by atoms with Gasteiger partial charge >= 0.3 is 5.97 Å². The molecule has 0 unspecified atom stereocenters. The Morgan fingerprint density at radius 3 is 2.68 bits per heavy atom. The van der Waals surface area contributed by atoms with E-state index >= 15 is 0 Å². The molecule has 1 aromatic carbocycles. The number of nitrogens with zero attached hydrogens (tertiary/aromatic N) is 1. The number of hydrogen-bond acceptors (Lipinski definition) is 5. The molecule has 0 fully saturated rings. The predicted octanol–water partition coefficient (Wildman–Crippen LogP) is 3.77. The van der Waals surface area contributed by atoms with E-state index in [2.05, 4.69) is 0 Å². The van der Waals surface area contributed by atoms with Gasteiger partial charge in [0.05, 0.1) is 7.11 Å². The summed E-state index contributed by atoms with van der Waals surface area (Å²) in [4.78, 5) is 12.0. The zero-order valence-electron chi connectivity index (χ0n) is 11.4. The van der Waals surface area contributed by atoms with Crippen LogP contribution >= 0.6 is 22.9 Å². The lowest BCUT2D eigenvalue weighted by Crippen LogP contribution is -2.24. The third-order valence-corrected chi connectivity index (χ3v) is 4.24. The number of pyridine rings is 1. The van der Waals surface area contributed by atoms with E-state index < -0.39 is 5.97 Å². The second-order valence-electron chi connectivity index (χ2n) is 4.42. The third kappa shape index (κ3) is 2.84. The van der Waals surface area contributed by atoms with Crippen LogP contribution in [-0.2, 0) is 4.74 Å². The van der Waals surface area contributed by atoms with Crippen LogP contribution in [0.15, 0.2) is 42.7 Å². The van der Waals surface area contributed by atoms with E-state index in [1.807, 2.05) is 0 Å². The monoisotopic (exact) mass is 335 g/mol. The van der Waals surface area contributed by atoms with Crippen molar-refractivity contribution < 1.29 is 19.0 Å². The summed E-state index contributed by atoms with van der Waals surface area (Å²) in [6, 6.07) is 8.43.